The lowest BCUT2D eigenvalue weighted by Gasteiger charge is -2.43. The van der Waals surface area contributed by atoms with Crippen LogP contribution < -0.4 is 11.1 Å². The van der Waals surface area contributed by atoms with E-state index in [-0.39, 0.29) is 42.7 Å². The molecule has 0 radical (unpaired) electrons. The summed E-state index contributed by atoms with van der Waals surface area (Å²) in [6.07, 6.45) is 5.55. The summed E-state index contributed by atoms with van der Waals surface area (Å²) in [4.78, 5) is 24.3. The summed E-state index contributed by atoms with van der Waals surface area (Å²) in [6.45, 7) is 2.17. The molecule has 0 aliphatic heterocycles. The van der Waals surface area contributed by atoms with Crippen LogP contribution in [0.2, 0.25) is 0 Å². The topological polar surface area (TPSA) is 81.4 Å². The maximum absolute atomic E-state index is 12.7. The molecule has 0 saturated heterocycles. The summed E-state index contributed by atoms with van der Waals surface area (Å²) in [6, 6.07) is 7.71. The average Bonchev–Trinajstić information content (AvgIpc) is 2.55. The number of hydrogen-bond acceptors (Lipinski definition) is 4. The monoisotopic (exact) mass is 380 g/mol. The quantitative estimate of drug-likeness (QED) is 0.768. The van der Waals surface area contributed by atoms with Crippen LogP contribution >= 0.6 is 12.4 Å². The molecule has 2 unspecified atom stereocenters. The normalized spacial score (nSPS) is 27.2. The Morgan fingerprint density at radius 3 is 2.58 bits per heavy atom. The van der Waals surface area contributed by atoms with E-state index < -0.39 is 0 Å². The number of ether oxygens (including phenoxy) is 1. The Kier molecular flexibility index (Phi) is 7.47. The lowest BCUT2D eigenvalue weighted by atomic mass is 9.65. The lowest BCUT2D eigenvalue weighted by Crippen LogP contribution is -2.48. The number of anilines is 1. The Hall–Kier alpha value is -1.59. The van der Waals surface area contributed by atoms with Crippen molar-refractivity contribution in [2.24, 2.45) is 23.5 Å². The van der Waals surface area contributed by atoms with Crippen molar-refractivity contribution in [3.63, 3.8) is 0 Å². The number of fused-ring (bicyclic) bond motifs is 2. The van der Waals surface area contributed by atoms with Crippen LogP contribution in [0, 0.1) is 17.8 Å². The number of nitrogens with two attached hydrogens (primary N) is 1. The molecule has 0 spiro atoms. The first kappa shape index (κ1) is 20.7. The van der Waals surface area contributed by atoms with E-state index >= 15 is 0 Å². The molecular formula is C20H29ClN2O3. The molecule has 2 saturated carbocycles. The number of esters is 1. The number of benzene rings is 1. The van der Waals surface area contributed by atoms with Gasteiger partial charge in [0.15, 0.2) is 0 Å². The molecule has 26 heavy (non-hydrogen) atoms. The standard InChI is InChI=1S/C20H28N2O3.ClH/c1-2-25-18(23)10-13-5-3-8-17(9-13)22-20(24)16-11-14-6-4-7-15(12-16)19(14)21;/h3,5,8-9,14-16,19H,2,4,6-7,10-12,21H2,1H3,(H,22,24);1H. The van der Waals surface area contributed by atoms with Gasteiger partial charge >= 0.3 is 5.97 Å². The predicted octanol–water partition coefficient (Wildman–Crippen LogP) is 3.31. The largest absolute Gasteiger partial charge is 0.466 e. The third-order valence-electron chi connectivity index (χ3n) is 5.63. The number of carbonyl (C=O) groups is 2. The van der Waals surface area contributed by atoms with Crippen molar-refractivity contribution in [2.75, 3.05) is 11.9 Å². The molecule has 6 heteroatoms. The molecule has 1 aromatic carbocycles. The minimum atomic E-state index is -0.250. The van der Waals surface area contributed by atoms with E-state index in [1.165, 1.54) is 6.42 Å². The van der Waals surface area contributed by atoms with Crippen LogP contribution in [-0.4, -0.2) is 24.5 Å². The van der Waals surface area contributed by atoms with Crippen LogP contribution in [0.5, 0.6) is 0 Å². The van der Waals surface area contributed by atoms with E-state index in [4.69, 9.17) is 10.5 Å². The summed E-state index contributed by atoms with van der Waals surface area (Å²) in [5.41, 5.74) is 7.90. The second-order valence-corrected chi connectivity index (χ2v) is 7.37. The predicted molar refractivity (Wildman–Crippen MR) is 104 cm³/mol. The number of hydrogen-bond donors (Lipinski definition) is 2. The molecule has 1 amide bonds. The van der Waals surface area contributed by atoms with Gasteiger partial charge in [-0.2, -0.15) is 0 Å². The van der Waals surface area contributed by atoms with Crippen molar-refractivity contribution in [3.05, 3.63) is 29.8 Å². The highest BCUT2D eigenvalue weighted by molar-refractivity contribution is 5.92. The van der Waals surface area contributed by atoms with E-state index in [1.807, 2.05) is 24.3 Å². The van der Waals surface area contributed by atoms with Crippen molar-refractivity contribution in [2.45, 2.75) is 51.5 Å². The van der Waals surface area contributed by atoms with E-state index in [2.05, 4.69) is 5.32 Å². The fraction of sp³-hybridized carbons (Fsp3) is 0.600. The molecule has 2 atom stereocenters. The van der Waals surface area contributed by atoms with Crippen molar-refractivity contribution in [3.8, 4) is 0 Å². The van der Waals surface area contributed by atoms with Crippen LogP contribution in [0.15, 0.2) is 24.3 Å². The highest BCUT2D eigenvalue weighted by Crippen LogP contribution is 2.42. The summed E-state index contributed by atoms with van der Waals surface area (Å²) in [5, 5.41) is 3.03. The summed E-state index contributed by atoms with van der Waals surface area (Å²) < 4.78 is 4.98. The van der Waals surface area contributed by atoms with Crippen molar-refractivity contribution in [1.29, 1.82) is 0 Å². The lowest BCUT2D eigenvalue weighted by molar-refractivity contribution is -0.142. The van der Waals surface area contributed by atoms with Gasteiger partial charge in [-0.3, -0.25) is 9.59 Å². The second kappa shape index (κ2) is 9.38. The molecule has 1 aromatic rings. The van der Waals surface area contributed by atoms with E-state index in [9.17, 15) is 9.59 Å². The number of carbonyl (C=O) groups excluding carboxylic acids is 2. The third-order valence-corrected chi connectivity index (χ3v) is 5.63. The molecule has 0 aromatic heterocycles. The van der Waals surface area contributed by atoms with Crippen LogP contribution in [-0.2, 0) is 20.7 Å². The first-order valence-electron chi connectivity index (χ1n) is 9.37. The Bertz CT molecular complexity index is 623. The fourth-order valence-corrected chi connectivity index (χ4v) is 4.39. The van der Waals surface area contributed by atoms with Gasteiger partial charge in [-0.15, -0.1) is 12.4 Å². The van der Waals surface area contributed by atoms with E-state index in [1.54, 1.807) is 6.92 Å². The maximum atomic E-state index is 12.7. The molecule has 2 fully saturated rings. The second-order valence-electron chi connectivity index (χ2n) is 7.37. The van der Waals surface area contributed by atoms with Crippen molar-refractivity contribution >= 4 is 30.0 Å². The third kappa shape index (κ3) is 4.98. The minimum Gasteiger partial charge on any atom is -0.466 e. The first-order chi connectivity index (χ1) is 12.1. The zero-order valence-corrected chi connectivity index (χ0v) is 16.1. The fourth-order valence-electron chi connectivity index (χ4n) is 4.39. The van der Waals surface area contributed by atoms with Gasteiger partial charge in [-0.1, -0.05) is 18.6 Å². The molecule has 2 aliphatic carbocycles. The molecule has 144 valence electrons. The summed E-state index contributed by atoms with van der Waals surface area (Å²) >= 11 is 0. The number of halogens is 1. The van der Waals surface area contributed by atoms with Gasteiger partial charge in [0.25, 0.3) is 0 Å². The van der Waals surface area contributed by atoms with Crippen molar-refractivity contribution < 1.29 is 14.3 Å². The smallest absolute Gasteiger partial charge is 0.310 e. The van der Waals surface area contributed by atoms with Gasteiger partial charge in [-0.25, -0.2) is 0 Å². The maximum Gasteiger partial charge on any atom is 0.310 e. The van der Waals surface area contributed by atoms with Crippen LogP contribution in [0.25, 0.3) is 0 Å². The molecule has 3 rings (SSSR count). The Morgan fingerprint density at radius 1 is 1.23 bits per heavy atom. The zero-order valence-electron chi connectivity index (χ0n) is 15.3. The average molecular weight is 381 g/mol. The highest BCUT2D eigenvalue weighted by Gasteiger charge is 2.40. The zero-order chi connectivity index (χ0) is 17.8. The molecule has 2 bridgehead atoms. The van der Waals surface area contributed by atoms with E-state index in [0.717, 1.165) is 36.9 Å². The number of rotatable bonds is 5. The Labute approximate surface area is 161 Å². The van der Waals surface area contributed by atoms with Gasteiger partial charge in [0.1, 0.15) is 0 Å². The molecule has 3 N–H and O–H groups in total. The summed E-state index contributed by atoms with van der Waals surface area (Å²) in [7, 11) is 0. The SMILES string of the molecule is CCOC(=O)Cc1cccc(NC(=O)C2CC3CCCC(C2)C3N)c1.Cl. The van der Waals surface area contributed by atoms with Gasteiger partial charge in [0, 0.05) is 17.6 Å². The van der Waals surface area contributed by atoms with Gasteiger partial charge < -0.3 is 15.8 Å². The van der Waals surface area contributed by atoms with Crippen LogP contribution in [0.4, 0.5) is 5.69 Å². The molecule has 0 heterocycles. The van der Waals surface area contributed by atoms with Gasteiger partial charge in [0.05, 0.1) is 13.0 Å². The minimum absolute atomic E-state index is 0. The van der Waals surface area contributed by atoms with E-state index in [0.29, 0.717) is 18.4 Å². The summed E-state index contributed by atoms with van der Waals surface area (Å²) in [5.74, 6) is 0.845. The molecule has 5 nitrogen and oxygen atoms in total. The van der Waals surface area contributed by atoms with Gasteiger partial charge in [0.2, 0.25) is 5.91 Å². The van der Waals surface area contributed by atoms with Crippen molar-refractivity contribution in [1.82, 2.24) is 0 Å². The first-order valence-corrected chi connectivity index (χ1v) is 9.37. The Balaban J connectivity index is 0.00000243. The highest BCUT2D eigenvalue weighted by atomic mass is 35.5. The Morgan fingerprint density at radius 2 is 1.92 bits per heavy atom. The van der Waals surface area contributed by atoms with Gasteiger partial charge in [-0.05, 0) is 62.1 Å². The van der Waals surface area contributed by atoms with Crippen LogP contribution in [0.3, 0.4) is 0 Å². The molecule has 2 aliphatic rings. The number of amides is 1. The molecular weight excluding hydrogens is 352 g/mol. The van der Waals surface area contributed by atoms with Crippen LogP contribution in [0.1, 0.15) is 44.6 Å². The number of nitrogens with one attached hydrogen (secondary N) is 1.